The molecule has 0 aliphatic carbocycles. The minimum Gasteiger partial charge on any atom is -0.508 e. The molecule has 3 aromatic carbocycles. The number of carbonyl (C=O) groups is 3. The number of pyridine rings is 1. The average Bonchev–Trinajstić information content (AvgIpc) is 4.50. The maximum atomic E-state index is 17.2. The van der Waals surface area contributed by atoms with E-state index >= 15 is 4.39 Å². The van der Waals surface area contributed by atoms with Crippen molar-refractivity contribution in [1.82, 2.24) is 50.4 Å². The van der Waals surface area contributed by atoms with Gasteiger partial charge in [-0.2, -0.15) is 9.97 Å². The number of likely N-dealkylation sites (tertiary alicyclic amines) is 2. The molecule has 21 heteroatoms. The molecule has 83 heavy (non-hydrogen) atoms. The number of rotatable bonds is 16. The van der Waals surface area contributed by atoms with Gasteiger partial charge in [-0.05, 0) is 111 Å². The zero-order valence-corrected chi connectivity index (χ0v) is 48.8. The molecule has 436 valence electrons. The number of phenolic OH excluding ortho intramolecular Hbond substituents is 1. The van der Waals surface area contributed by atoms with Gasteiger partial charge in [-0.15, -0.1) is 11.3 Å². The van der Waals surface area contributed by atoms with Crippen LogP contribution in [0, 0.1) is 18.7 Å². The number of aromatic nitrogens is 5. The number of likely N-dealkylation sites (N-methyl/N-ethyl adjacent to an activating group) is 1. The molecule has 7 atom stereocenters. The van der Waals surface area contributed by atoms with Gasteiger partial charge >= 0.3 is 12.1 Å². The number of hydrogen-bond acceptors (Lipinski definition) is 17. The van der Waals surface area contributed by atoms with Crippen molar-refractivity contribution in [3.63, 3.8) is 0 Å². The second-order valence-electron chi connectivity index (χ2n) is 23.4. The van der Waals surface area contributed by atoms with Crippen LogP contribution in [0.2, 0.25) is 0 Å². The summed E-state index contributed by atoms with van der Waals surface area (Å²) in [6, 6.07) is 18.9. The van der Waals surface area contributed by atoms with Gasteiger partial charge in [0.25, 0.3) is 0 Å². The van der Waals surface area contributed by atoms with E-state index in [1.807, 2.05) is 81.6 Å². The van der Waals surface area contributed by atoms with Crippen molar-refractivity contribution in [3.05, 3.63) is 101 Å². The molecule has 12 rings (SSSR count). The highest BCUT2D eigenvalue weighted by Crippen LogP contribution is 2.40. The minimum absolute atomic E-state index is 0.0217. The Balaban J connectivity index is 0.647. The summed E-state index contributed by atoms with van der Waals surface area (Å²) in [6.45, 7) is 14.1. The number of benzene rings is 3. The van der Waals surface area contributed by atoms with E-state index in [4.69, 9.17) is 28.9 Å². The number of nitrogens with zero attached hydrogens (tertiary/aromatic N) is 10. The largest absolute Gasteiger partial charge is 0.508 e. The number of halogens is 1. The molecule has 3 N–H and O–H groups in total. The first-order valence-corrected chi connectivity index (χ1v) is 30.3. The van der Waals surface area contributed by atoms with Crippen LogP contribution in [0.1, 0.15) is 101 Å². The van der Waals surface area contributed by atoms with Crippen LogP contribution in [0.3, 0.4) is 0 Å². The van der Waals surface area contributed by atoms with Crippen LogP contribution in [-0.4, -0.2) is 159 Å². The fourth-order valence-electron chi connectivity index (χ4n) is 13.2. The molecular formula is C62H73FN12O7S. The molecule has 2 bridgehead atoms. The first kappa shape index (κ1) is 56.0. The van der Waals surface area contributed by atoms with Gasteiger partial charge in [0.2, 0.25) is 11.8 Å². The van der Waals surface area contributed by atoms with Gasteiger partial charge < -0.3 is 49.3 Å². The average molecular weight is 1150 g/mol. The van der Waals surface area contributed by atoms with E-state index in [2.05, 4.69) is 49.6 Å². The van der Waals surface area contributed by atoms with Crippen LogP contribution in [0.25, 0.3) is 43.4 Å². The third-order valence-electron chi connectivity index (χ3n) is 17.9. The van der Waals surface area contributed by atoms with Crippen LogP contribution in [0.5, 0.6) is 11.8 Å². The van der Waals surface area contributed by atoms with Crippen LogP contribution in [-0.2, 0) is 20.7 Å². The van der Waals surface area contributed by atoms with Gasteiger partial charge in [-0.25, -0.2) is 14.2 Å². The summed E-state index contributed by atoms with van der Waals surface area (Å²) in [6.07, 6.45) is 6.97. The van der Waals surface area contributed by atoms with E-state index in [1.54, 1.807) is 39.5 Å². The number of piperazine rings is 2. The molecule has 5 saturated heterocycles. The van der Waals surface area contributed by atoms with E-state index in [-0.39, 0.29) is 78.1 Å². The van der Waals surface area contributed by atoms with Gasteiger partial charge in [0.05, 0.1) is 27.5 Å². The van der Waals surface area contributed by atoms with Crippen molar-refractivity contribution in [2.45, 2.75) is 122 Å². The Bertz CT molecular complexity index is 3520. The van der Waals surface area contributed by atoms with Gasteiger partial charge in [-0.3, -0.25) is 19.5 Å². The summed E-state index contributed by atoms with van der Waals surface area (Å²) in [5.74, 6) is -0.0516. The Kier molecular flexibility index (Phi) is 16.0. The molecule has 0 radical (unpaired) electrons. The lowest BCUT2D eigenvalue weighted by molar-refractivity contribution is -0.141. The van der Waals surface area contributed by atoms with Crippen molar-refractivity contribution < 1.29 is 37.9 Å². The van der Waals surface area contributed by atoms with Crippen molar-refractivity contribution in [3.8, 4) is 33.5 Å². The molecule has 0 saturated carbocycles. The fourth-order valence-corrected chi connectivity index (χ4v) is 14.0. The number of carbonyl (C=O) groups excluding carboxylic acids is 3. The summed E-state index contributed by atoms with van der Waals surface area (Å²) in [5, 5.41) is 24.2. The smallest absolute Gasteiger partial charge is 0.409 e. The molecule has 19 nitrogen and oxygen atoms in total. The van der Waals surface area contributed by atoms with Gasteiger partial charge in [-0.1, -0.05) is 68.4 Å². The lowest BCUT2D eigenvalue weighted by Crippen LogP contribution is -2.51. The summed E-state index contributed by atoms with van der Waals surface area (Å²) in [7, 11) is 2.00. The third-order valence-corrected chi connectivity index (χ3v) is 18.8. The Hall–Kier alpha value is -7.49. The number of nitrogens with one attached hydrogen (secondary N) is 2. The van der Waals surface area contributed by atoms with Gasteiger partial charge in [0, 0.05) is 87.8 Å². The van der Waals surface area contributed by atoms with Crippen molar-refractivity contribution in [2.75, 3.05) is 75.9 Å². The highest BCUT2D eigenvalue weighted by Gasteiger charge is 2.42. The standard InChI is InChI=1S/C62H73FN12O7S/c1-7-38-10-8-11-41-26-46(76)27-47(53(38)41)55-54(63)56-48(29-64-55)58(74-30-42-17-18-43(31-74)67-42)69-61(68-56)80-32-44-19-20-45(71(44)6)33-81-62(79)73-24-22-72(23-25-73)51-28-50(82-70-51)52(35(2)3)60(78)75-21-9-12-49(75)59(77)66-36(4)39-13-15-40(16-14-39)57-37(5)65-34-83-57/h8,10-11,13-16,26-29,34-36,42-45,49,52,67,76H,7,9,12,17-25,30-33H2,1-6H3,(H,66,77)/t36-,42?,43?,44-,45-,49-,52-/m0/s1. The number of phenols is 1. The van der Waals surface area contributed by atoms with Gasteiger partial charge in [0.1, 0.15) is 48.0 Å². The van der Waals surface area contributed by atoms with Crippen LogP contribution in [0.4, 0.5) is 20.8 Å². The summed E-state index contributed by atoms with van der Waals surface area (Å²) in [5.41, 5.74) is 6.62. The zero-order chi connectivity index (χ0) is 57.6. The second-order valence-corrected chi connectivity index (χ2v) is 24.3. The number of thiazole rings is 1. The van der Waals surface area contributed by atoms with E-state index in [1.165, 1.54) is 0 Å². The molecule has 0 spiro atoms. The lowest BCUT2D eigenvalue weighted by atomic mass is 9.91. The van der Waals surface area contributed by atoms with E-state index < -0.39 is 17.8 Å². The summed E-state index contributed by atoms with van der Waals surface area (Å²) >= 11 is 1.60. The topological polar surface area (TPSA) is 208 Å². The quantitative estimate of drug-likeness (QED) is 0.0825. The highest BCUT2D eigenvalue weighted by molar-refractivity contribution is 7.13. The number of hydrogen-bond donors (Lipinski definition) is 3. The monoisotopic (exact) mass is 1150 g/mol. The summed E-state index contributed by atoms with van der Waals surface area (Å²) < 4.78 is 35.5. The number of fused-ring (bicyclic) bond motifs is 4. The Labute approximate surface area is 486 Å². The van der Waals surface area contributed by atoms with E-state index in [0.29, 0.717) is 92.7 Å². The van der Waals surface area contributed by atoms with Crippen molar-refractivity contribution in [1.29, 1.82) is 0 Å². The fraction of sp³-hybridized carbons (Fsp3) is 0.484. The van der Waals surface area contributed by atoms with Crippen molar-refractivity contribution >= 4 is 62.6 Å². The molecule has 2 unspecified atom stereocenters. The molecule has 3 amide bonds. The molecule has 5 aliphatic rings. The zero-order valence-electron chi connectivity index (χ0n) is 48.0. The lowest BCUT2D eigenvalue weighted by Gasteiger charge is -2.34. The van der Waals surface area contributed by atoms with E-state index in [0.717, 1.165) is 76.6 Å². The Morgan fingerprint density at radius 3 is 2.39 bits per heavy atom. The van der Waals surface area contributed by atoms with Crippen LogP contribution in [0.15, 0.2) is 76.9 Å². The van der Waals surface area contributed by atoms with E-state index in [9.17, 15) is 19.5 Å². The Morgan fingerprint density at radius 2 is 1.66 bits per heavy atom. The second kappa shape index (κ2) is 23.6. The first-order valence-electron chi connectivity index (χ1n) is 29.4. The van der Waals surface area contributed by atoms with Crippen molar-refractivity contribution in [2.24, 2.45) is 5.92 Å². The summed E-state index contributed by atoms with van der Waals surface area (Å²) in [4.78, 5) is 71.5. The number of ether oxygens (including phenoxy) is 2. The Morgan fingerprint density at radius 1 is 0.904 bits per heavy atom. The first-order chi connectivity index (χ1) is 40.2. The number of aryl methyl sites for hydroxylation is 2. The minimum atomic E-state index is -0.636. The number of aromatic hydroxyl groups is 1. The molecule has 5 fully saturated rings. The highest BCUT2D eigenvalue weighted by atomic mass is 32.1. The molecule has 4 aromatic heterocycles. The predicted octanol–water partition coefficient (Wildman–Crippen LogP) is 9.02. The van der Waals surface area contributed by atoms with Crippen LogP contribution < -0.4 is 25.2 Å². The maximum absolute atomic E-state index is 17.2. The normalized spacial score (nSPS) is 21.8. The maximum Gasteiger partial charge on any atom is 0.409 e. The van der Waals surface area contributed by atoms with Crippen LogP contribution >= 0.6 is 11.3 Å². The number of anilines is 2. The number of amides is 3. The predicted molar refractivity (Wildman–Crippen MR) is 316 cm³/mol. The third kappa shape index (κ3) is 11.3. The SMILES string of the molecule is CCc1cccc2cc(O)cc(-c3ncc4c(N5CC6CCC(C5)N6)nc(OC[C@@H]5CC[C@@H](COC(=O)N6CCN(c7cc([C@@H](C(=O)N8CCC[C@H]8C(=O)N[C@@H](C)c8ccc(-c9scnc9C)cc8)C(C)C)on7)CC6)N5C)nc4c3F)c12. The molecular weight excluding hydrogens is 1080 g/mol. The molecule has 5 aliphatic heterocycles. The molecule has 7 aromatic rings. The molecule has 9 heterocycles. The van der Waals surface area contributed by atoms with Gasteiger partial charge in [0.15, 0.2) is 17.4 Å².